The lowest BCUT2D eigenvalue weighted by atomic mass is 10.1. The van der Waals surface area contributed by atoms with Crippen LogP contribution in [0.15, 0.2) is 69.9 Å². The van der Waals surface area contributed by atoms with Crippen molar-refractivity contribution < 1.29 is 9.18 Å². The largest absolute Gasteiger partial charge is 0.322 e. The van der Waals surface area contributed by atoms with Crippen LogP contribution in [0.4, 0.5) is 10.1 Å². The number of halogens is 2. The van der Waals surface area contributed by atoms with Gasteiger partial charge in [-0.3, -0.25) is 9.59 Å². The van der Waals surface area contributed by atoms with E-state index >= 15 is 0 Å². The average molecular weight is 402 g/mol. The molecular weight excluding hydrogens is 389 g/mol. The van der Waals surface area contributed by atoms with E-state index in [4.69, 9.17) is 0 Å². The first-order chi connectivity index (χ1) is 12.0. The maximum Gasteiger partial charge on any atom is 0.267 e. The van der Waals surface area contributed by atoms with Crippen molar-refractivity contribution in [2.45, 2.75) is 6.54 Å². The van der Waals surface area contributed by atoms with E-state index in [9.17, 15) is 14.0 Å². The Hall–Kier alpha value is -2.80. The lowest BCUT2D eigenvalue weighted by molar-refractivity contribution is -0.117. The van der Waals surface area contributed by atoms with Crippen LogP contribution < -0.4 is 10.9 Å². The first-order valence-electron chi connectivity index (χ1n) is 7.41. The molecule has 3 rings (SSSR count). The molecule has 1 aromatic heterocycles. The van der Waals surface area contributed by atoms with Gasteiger partial charge in [0, 0.05) is 16.1 Å². The minimum absolute atomic E-state index is 0.0598. The molecule has 1 N–H and O–H groups in total. The monoisotopic (exact) mass is 401 g/mol. The van der Waals surface area contributed by atoms with E-state index < -0.39 is 17.3 Å². The van der Waals surface area contributed by atoms with Gasteiger partial charge in [0.2, 0.25) is 5.91 Å². The summed E-state index contributed by atoms with van der Waals surface area (Å²) in [5.41, 5.74) is 1.02. The zero-order valence-electron chi connectivity index (χ0n) is 12.9. The van der Waals surface area contributed by atoms with Crippen molar-refractivity contribution in [1.82, 2.24) is 9.78 Å². The first kappa shape index (κ1) is 17.0. The van der Waals surface area contributed by atoms with Crippen LogP contribution in [0, 0.1) is 5.82 Å². The van der Waals surface area contributed by atoms with Crippen molar-refractivity contribution in [1.29, 1.82) is 0 Å². The minimum Gasteiger partial charge on any atom is -0.322 e. The number of para-hydroxylation sites is 1. The number of rotatable bonds is 4. The third kappa shape index (κ3) is 4.19. The number of benzene rings is 2. The van der Waals surface area contributed by atoms with Crippen LogP contribution >= 0.6 is 15.9 Å². The van der Waals surface area contributed by atoms with E-state index in [2.05, 4.69) is 26.3 Å². The zero-order chi connectivity index (χ0) is 17.8. The molecule has 0 saturated carbocycles. The number of aromatic nitrogens is 2. The van der Waals surface area contributed by atoms with Crippen LogP contribution in [0.25, 0.3) is 11.3 Å². The van der Waals surface area contributed by atoms with E-state index in [0.29, 0.717) is 5.69 Å². The molecule has 5 nitrogen and oxygen atoms in total. The summed E-state index contributed by atoms with van der Waals surface area (Å²) in [6, 6.07) is 16.2. The minimum atomic E-state index is -0.542. The summed E-state index contributed by atoms with van der Waals surface area (Å²) in [6.07, 6.45) is 0. The van der Waals surface area contributed by atoms with Crippen molar-refractivity contribution in [3.8, 4) is 11.3 Å². The summed E-state index contributed by atoms with van der Waals surface area (Å²) in [5, 5.41) is 6.64. The number of hydrogen-bond donors (Lipinski definition) is 1. The van der Waals surface area contributed by atoms with Gasteiger partial charge in [0.05, 0.1) is 11.4 Å². The fourth-order valence-corrected chi connectivity index (χ4v) is 2.49. The number of hydrogen-bond acceptors (Lipinski definition) is 3. The molecule has 0 aliphatic carbocycles. The molecule has 1 heterocycles. The predicted octanol–water partition coefficient (Wildman–Crippen LogP) is 3.45. The second-order valence-corrected chi connectivity index (χ2v) is 6.17. The molecule has 25 heavy (non-hydrogen) atoms. The highest BCUT2D eigenvalue weighted by molar-refractivity contribution is 9.10. The quantitative estimate of drug-likeness (QED) is 0.727. The van der Waals surface area contributed by atoms with Crippen LogP contribution in [0.3, 0.4) is 0 Å². The molecule has 1 amide bonds. The third-order valence-corrected chi connectivity index (χ3v) is 3.98. The van der Waals surface area contributed by atoms with Crippen molar-refractivity contribution >= 4 is 27.5 Å². The lowest BCUT2D eigenvalue weighted by Gasteiger charge is -2.09. The maximum absolute atomic E-state index is 13.6. The van der Waals surface area contributed by atoms with Crippen LogP contribution in [0.5, 0.6) is 0 Å². The molecule has 0 aliphatic heterocycles. The number of carbonyl (C=O) groups is 1. The van der Waals surface area contributed by atoms with Crippen molar-refractivity contribution in [3.63, 3.8) is 0 Å². The summed E-state index contributed by atoms with van der Waals surface area (Å²) in [4.78, 5) is 24.0. The molecule has 3 aromatic rings. The molecule has 126 valence electrons. The van der Waals surface area contributed by atoms with Crippen molar-refractivity contribution in [2.24, 2.45) is 0 Å². The summed E-state index contributed by atoms with van der Waals surface area (Å²) < 4.78 is 15.6. The van der Waals surface area contributed by atoms with E-state index in [1.54, 1.807) is 12.1 Å². The van der Waals surface area contributed by atoms with Gasteiger partial charge in [-0.25, -0.2) is 9.07 Å². The fourth-order valence-electron chi connectivity index (χ4n) is 2.23. The highest BCUT2D eigenvalue weighted by atomic mass is 79.9. The first-order valence-corrected chi connectivity index (χ1v) is 8.21. The van der Waals surface area contributed by atoms with Gasteiger partial charge in [0.25, 0.3) is 5.56 Å². The molecule has 0 saturated heterocycles. The highest BCUT2D eigenvalue weighted by Gasteiger charge is 2.10. The van der Waals surface area contributed by atoms with Crippen molar-refractivity contribution in [3.05, 3.63) is 81.3 Å². The number of nitrogens with zero attached hydrogens (tertiary/aromatic N) is 2. The standard InChI is InChI=1S/C18H13BrFN3O2/c19-13-7-5-12(6-8-13)15-9-10-18(25)23(22-15)11-17(24)21-16-4-2-1-3-14(16)20/h1-10H,11H2,(H,21,24). The van der Waals surface area contributed by atoms with E-state index in [1.807, 2.05) is 24.3 Å². The van der Waals surface area contributed by atoms with Crippen LogP contribution in [0.1, 0.15) is 0 Å². The number of anilines is 1. The lowest BCUT2D eigenvalue weighted by Crippen LogP contribution is -2.29. The Balaban J connectivity index is 1.81. The van der Waals surface area contributed by atoms with Gasteiger partial charge in [-0.15, -0.1) is 0 Å². The molecule has 0 aliphatic rings. The topological polar surface area (TPSA) is 64.0 Å². The highest BCUT2D eigenvalue weighted by Crippen LogP contribution is 2.18. The molecule has 0 bridgehead atoms. The Labute approximate surface area is 151 Å². The Kier molecular flexibility index (Phi) is 5.04. The average Bonchev–Trinajstić information content (AvgIpc) is 2.60. The predicted molar refractivity (Wildman–Crippen MR) is 96.7 cm³/mol. The molecule has 0 radical (unpaired) electrons. The molecular formula is C18H13BrFN3O2. The summed E-state index contributed by atoms with van der Waals surface area (Å²) in [5.74, 6) is -1.08. The molecule has 2 aromatic carbocycles. The van der Waals surface area contributed by atoms with Gasteiger partial charge in [0.1, 0.15) is 12.4 Å². The van der Waals surface area contributed by atoms with Crippen molar-refractivity contribution in [2.75, 3.05) is 5.32 Å². The maximum atomic E-state index is 13.6. The zero-order valence-corrected chi connectivity index (χ0v) is 14.5. The molecule has 0 atom stereocenters. The molecule has 0 unspecified atom stereocenters. The number of carbonyl (C=O) groups excluding carboxylic acids is 1. The molecule has 0 spiro atoms. The van der Waals surface area contributed by atoms with Crippen LogP contribution in [-0.2, 0) is 11.3 Å². The smallest absolute Gasteiger partial charge is 0.267 e. The van der Waals surface area contributed by atoms with Gasteiger partial charge in [-0.2, -0.15) is 5.10 Å². The summed E-state index contributed by atoms with van der Waals surface area (Å²) in [7, 11) is 0. The van der Waals surface area contributed by atoms with Gasteiger partial charge in [0.15, 0.2) is 0 Å². The van der Waals surface area contributed by atoms with Crippen LogP contribution in [-0.4, -0.2) is 15.7 Å². The SMILES string of the molecule is O=C(Cn1nc(-c2ccc(Br)cc2)ccc1=O)Nc1ccccc1F. The van der Waals surface area contributed by atoms with Gasteiger partial charge in [-0.05, 0) is 30.3 Å². The summed E-state index contributed by atoms with van der Waals surface area (Å²) in [6.45, 7) is -0.308. The Morgan fingerprint density at radius 1 is 1.08 bits per heavy atom. The number of amides is 1. The fraction of sp³-hybridized carbons (Fsp3) is 0.0556. The summed E-state index contributed by atoms with van der Waals surface area (Å²) >= 11 is 3.35. The van der Waals surface area contributed by atoms with E-state index in [-0.39, 0.29) is 12.2 Å². The number of nitrogens with one attached hydrogen (secondary N) is 1. The van der Waals surface area contributed by atoms with Gasteiger partial charge in [-0.1, -0.05) is 40.2 Å². The van der Waals surface area contributed by atoms with E-state index in [1.165, 1.54) is 24.3 Å². The van der Waals surface area contributed by atoms with Gasteiger partial charge < -0.3 is 5.32 Å². The van der Waals surface area contributed by atoms with Gasteiger partial charge >= 0.3 is 0 Å². The Morgan fingerprint density at radius 3 is 2.52 bits per heavy atom. The second kappa shape index (κ2) is 7.40. The Bertz CT molecular complexity index is 971. The third-order valence-electron chi connectivity index (χ3n) is 3.45. The molecule has 7 heteroatoms. The second-order valence-electron chi connectivity index (χ2n) is 5.25. The Morgan fingerprint density at radius 2 is 1.80 bits per heavy atom. The molecule has 0 fully saturated rings. The van der Waals surface area contributed by atoms with E-state index in [0.717, 1.165) is 14.7 Å². The van der Waals surface area contributed by atoms with Crippen LogP contribution in [0.2, 0.25) is 0 Å². The normalized spacial score (nSPS) is 10.5.